The minimum absolute atomic E-state index is 0.0649. The van der Waals surface area contributed by atoms with Crippen LogP contribution in [0.3, 0.4) is 0 Å². The highest BCUT2D eigenvalue weighted by Crippen LogP contribution is 2.40. The van der Waals surface area contributed by atoms with Gasteiger partial charge in [-0.25, -0.2) is 4.79 Å². The Balaban J connectivity index is 3.18. The summed E-state index contributed by atoms with van der Waals surface area (Å²) < 4.78 is 6.08. The molecule has 124 valence electrons. The molecule has 0 fully saturated rings. The molecule has 1 aromatic carbocycles. The number of rotatable bonds is 6. The molecule has 0 aliphatic heterocycles. The summed E-state index contributed by atoms with van der Waals surface area (Å²) in [7, 11) is 0. The lowest BCUT2D eigenvalue weighted by Crippen LogP contribution is -2.41. The minimum Gasteiger partial charge on any atom is -0.438 e. The van der Waals surface area contributed by atoms with E-state index in [-0.39, 0.29) is 11.5 Å². The normalized spacial score (nSPS) is 14.3. The van der Waals surface area contributed by atoms with Crippen molar-refractivity contribution in [3.8, 4) is 0 Å². The molecule has 0 radical (unpaired) electrons. The molecule has 0 saturated heterocycles. The largest absolute Gasteiger partial charge is 0.438 e. The molecule has 0 spiro atoms. The van der Waals surface area contributed by atoms with Crippen molar-refractivity contribution < 1.29 is 9.53 Å². The lowest BCUT2D eigenvalue weighted by atomic mass is 9.76. The average molecular weight is 305 g/mol. The van der Waals surface area contributed by atoms with Gasteiger partial charge in [0, 0.05) is 13.1 Å². The summed E-state index contributed by atoms with van der Waals surface area (Å²) in [5.41, 5.74) is 0.571. The Morgan fingerprint density at radius 3 is 2.00 bits per heavy atom. The van der Waals surface area contributed by atoms with Crippen LogP contribution in [0, 0.1) is 5.41 Å². The average Bonchev–Trinajstić information content (AvgIpc) is 2.47. The van der Waals surface area contributed by atoms with E-state index in [1.807, 2.05) is 32.0 Å². The number of ether oxygens (including phenoxy) is 1. The predicted molar refractivity (Wildman–Crippen MR) is 91.9 cm³/mol. The van der Waals surface area contributed by atoms with Gasteiger partial charge in [-0.3, -0.25) is 0 Å². The van der Waals surface area contributed by atoms with Crippen LogP contribution < -0.4 is 0 Å². The zero-order valence-electron chi connectivity index (χ0n) is 15.0. The summed E-state index contributed by atoms with van der Waals surface area (Å²) in [5.74, 6) is 0. The van der Waals surface area contributed by atoms with Crippen LogP contribution in [0.2, 0.25) is 0 Å². The number of hydrogen-bond acceptors (Lipinski definition) is 2. The minimum atomic E-state index is -0.570. The number of benzene rings is 1. The fraction of sp³-hybridized carbons (Fsp3) is 0.632. The first-order valence-electron chi connectivity index (χ1n) is 8.31. The van der Waals surface area contributed by atoms with Gasteiger partial charge in [-0.15, -0.1) is 0 Å². The zero-order valence-corrected chi connectivity index (χ0v) is 15.0. The second kappa shape index (κ2) is 7.66. The maximum Gasteiger partial charge on any atom is 0.410 e. The third kappa shape index (κ3) is 4.75. The van der Waals surface area contributed by atoms with E-state index in [2.05, 4.69) is 39.8 Å². The highest BCUT2D eigenvalue weighted by molar-refractivity contribution is 5.68. The van der Waals surface area contributed by atoms with Gasteiger partial charge in [-0.1, -0.05) is 58.0 Å². The summed E-state index contributed by atoms with van der Waals surface area (Å²) in [5, 5.41) is 0. The first-order chi connectivity index (χ1) is 10.3. The van der Waals surface area contributed by atoms with E-state index in [1.165, 1.54) is 0 Å². The van der Waals surface area contributed by atoms with E-state index in [9.17, 15) is 4.79 Å². The summed E-state index contributed by atoms with van der Waals surface area (Å²) in [4.78, 5) is 14.3. The van der Waals surface area contributed by atoms with Crippen LogP contribution in [-0.4, -0.2) is 24.1 Å². The summed E-state index contributed by atoms with van der Waals surface area (Å²) in [6, 6.07) is 10.1. The lowest BCUT2D eigenvalue weighted by molar-refractivity contribution is -0.0407. The molecule has 0 aliphatic rings. The van der Waals surface area contributed by atoms with Crippen molar-refractivity contribution in [1.82, 2.24) is 4.90 Å². The van der Waals surface area contributed by atoms with Crippen molar-refractivity contribution in [2.24, 2.45) is 5.41 Å². The molecule has 3 heteroatoms. The molecule has 0 bridgehead atoms. The van der Waals surface area contributed by atoms with E-state index in [1.54, 1.807) is 4.90 Å². The van der Waals surface area contributed by atoms with E-state index < -0.39 is 5.60 Å². The molecule has 0 aliphatic carbocycles. The highest BCUT2D eigenvalue weighted by atomic mass is 16.6. The highest BCUT2D eigenvalue weighted by Gasteiger charge is 2.39. The Morgan fingerprint density at radius 2 is 1.59 bits per heavy atom. The summed E-state index contributed by atoms with van der Waals surface area (Å²) in [6.45, 7) is 13.9. The van der Waals surface area contributed by atoms with Crippen molar-refractivity contribution in [3.63, 3.8) is 0 Å². The van der Waals surface area contributed by atoms with Gasteiger partial charge < -0.3 is 9.64 Å². The molecular formula is C19H31NO2. The van der Waals surface area contributed by atoms with Gasteiger partial charge in [-0.05, 0) is 37.7 Å². The first-order valence-corrected chi connectivity index (χ1v) is 8.31. The molecule has 0 saturated carbocycles. The third-order valence-corrected chi connectivity index (χ3v) is 3.99. The SMILES string of the molecule is CCN(CC)C(=O)OC(CC)(CC(C)(C)C)c1ccccc1. The van der Waals surface area contributed by atoms with Crippen LogP contribution in [0.15, 0.2) is 30.3 Å². The van der Waals surface area contributed by atoms with Gasteiger partial charge >= 0.3 is 6.09 Å². The first kappa shape index (κ1) is 18.5. The van der Waals surface area contributed by atoms with Gasteiger partial charge in [0.2, 0.25) is 0 Å². The number of hydrogen-bond donors (Lipinski definition) is 0. The number of nitrogens with zero attached hydrogens (tertiary/aromatic N) is 1. The number of carbonyl (C=O) groups excluding carboxylic acids is 1. The molecule has 1 rings (SSSR count). The molecule has 22 heavy (non-hydrogen) atoms. The van der Waals surface area contributed by atoms with Crippen molar-refractivity contribution in [2.75, 3.05) is 13.1 Å². The third-order valence-electron chi connectivity index (χ3n) is 3.99. The maximum atomic E-state index is 12.5. The summed E-state index contributed by atoms with van der Waals surface area (Å²) >= 11 is 0. The molecule has 1 atom stereocenters. The molecule has 0 aromatic heterocycles. The molecule has 1 amide bonds. The van der Waals surface area contributed by atoms with E-state index in [4.69, 9.17) is 4.74 Å². The van der Waals surface area contributed by atoms with Crippen LogP contribution in [-0.2, 0) is 10.3 Å². The van der Waals surface area contributed by atoms with Gasteiger partial charge in [0.15, 0.2) is 0 Å². The van der Waals surface area contributed by atoms with Crippen LogP contribution in [0.4, 0.5) is 4.79 Å². The van der Waals surface area contributed by atoms with Crippen LogP contribution in [0.25, 0.3) is 0 Å². The van der Waals surface area contributed by atoms with Crippen molar-refractivity contribution >= 4 is 6.09 Å². The smallest absolute Gasteiger partial charge is 0.410 e. The standard InChI is InChI=1S/C19H31NO2/c1-7-19(15-18(4,5)6,16-13-11-10-12-14-16)22-17(21)20(8-2)9-3/h10-14H,7-9,15H2,1-6H3. The zero-order chi connectivity index (χ0) is 16.8. The molecule has 0 heterocycles. The lowest BCUT2D eigenvalue weighted by Gasteiger charge is -2.39. The molecule has 3 nitrogen and oxygen atoms in total. The van der Waals surface area contributed by atoms with Gasteiger partial charge in [-0.2, -0.15) is 0 Å². The van der Waals surface area contributed by atoms with Crippen molar-refractivity contribution in [2.45, 2.75) is 60.0 Å². The fourth-order valence-corrected chi connectivity index (χ4v) is 2.91. The molecule has 1 unspecified atom stereocenters. The molecule has 1 aromatic rings. The van der Waals surface area contributed by atoms with Crippen molar-refractivity contribution in [3.05, 3.63) is 35.9 Å². The Bertz CT molecular complexity index is 460. The van der Waals surface area contributed by atoms with Crippen LogP contribution in [0.5, 0.6) is 0 Å². The Hall–Kier alpha value is -1.51. The second-order valence-electron chi connectivity index (χ2n) is 6.99. The Morgan fingerprint density at radius 1 is 1.05 bits per heavy atom. The topological polar surface area (TPSA) is 29.5 Å². The van der Waals surface area contributed by atoms with Gasteiger partial charge in [0.1, 0.15) is 5.60 Å². The second-order valence-corrected chi connectivity index (χ2v) is 6.99. The van der Waals surface area contributed by atoms with Crippen LogP contribution >= 0.6 is 0 Å². The van der Waals surface area contributed by atoms with Crippen molar-refractivity contribution in [1.29, 1.82) is 0 Å². The number of carbonyl (C=O) groups is 1. The van der Waals surface area contributed by atoms with E-state index in [0.29, 0.717) is 13.1 Å². The van der Waals surface area contributed by atoms with Crippen LogP contribution in [0.1, 0.15) is 59.9 Å². The quantitative estimate of drug-likeness (QED) is 0.722. The predicted octanol–water partition coefficient (Wildman–Crippen LogP) is 5.21. The maximum absolute atomic E-state index is 12.5. The monoisotopic (exact) mass is 305 g/mol. The Labute approximate surface area is 135 Å². The number of amides is 1. The van der Waals surface area contributed by atoms with E-state index >= 15 is 0 Å². The van der Waals surface area contributed by atoms with E-state index in [0.717, 1.165) is 18.4 Å². The Kier molecular flexibility index (Phi) is 6.46. The molecular weight excluding hydrogens is 274 g/mol. The summed E-state index contributed by atoms with van der Waals surface area (Å²) in [6.07, 6.45) is 1.34. The fourth-order valence-electron chi connectivity index (χ4n) is 2.91. The van der Waals surface area contributed by atoms with Gasteiger partial charge in [0.25, 0.3) is 0 Å². The molecule has 0 N–H and O–H groups in total. The van der Waals surface area contributed by atoms with Gasteiger partial charge in [0.05, 0.1) is 0 Å².